The summed E-state index contributed by atoms with van der Waals surface area (Å²) in [7, 11) is 0. The van der Waals surface area contributed by atoms with E-state index in [1.165, 1.54) is 6.07 Å². The van der Waals surface area contributed by atoms with E-state index in [1.54, 1.807) is 25.1 Å². The molecule has 0 amide bonds. The van der Waals surface area contributed by atoms with Gasteiger partial charge in [0.1, 0.15) is 5.82 Å². The molecule has 0 unspecified atom stereocenters. The van der Waals surface area contributed by atoms with Crippen molar-refractivity contribution in [3.63, 3.8) is 0 Å². The van der Waals surface area contributed by atoms with Gasteiger partial charge in [-0.2, -0.15) is 0 Å². The minimum atomic E-state index is -0.192. The Morgan fingerprint density at radius 1 is 1.42 bits per heavy atom. The molecule has 1 aromatic rings. The normalized spacial score (nSPS) is 8.50. The summed E-state index contributed by atoms with van der Waals surface area (Å²) in [6, 6.07) is 9.31. The van der Waals surface area contributed by atoms with E-state index in [2.05, 4.69) is 17.3 Å². The average Bonchev–Trinajstić information content (AvgIpc) is 2.09. The average molecular weight is 163 g/mol. The molecular formula is C10H10FN. The minimum Gasteiger partial charge on any atom is -0.341 e. The van der Waals surface area contributed by atoms with Crippen molar-refractivity contribution in [3.05, 3.63) is 35.6 Å². The Morgan fingerprint density at radius 3 is 2.83 bits per heavy atom. The zero-order valence-corrected chi connectivity index (χ0v) is 6.89. The number of hydrogen-bond donors (Lipinski definition) is 1. The third kappa shape index (κ3) is 2.28. The van der Waals surface area contributed by atoms with E-state index in [9.17, 15) is 4.39 Å². The molecule has 0 fully saturated rings. The molecule has 0 aliphatic carbocycles. The van der Waals surface area contributed by atoms with E-state index in [1.807, 2.05) is 0 Å². The Labute approximate surface area is 71.6 Å². The second-order valence-electron chi connectivity index (χ2n) is 2.32. The van der Waals surface area contributed by atoms with Crippen LogP contribution in [0.2, 0.25) is 0 Å². The highest BCUT2D eigenvalue weighted by Crippen LogP contribution is 2.04. The molecule has 12 heavy (non-hydrogen) atoms. The summed E-state index contributed by atoms with van der Waals surface area (Å²) in [5.74, 6) is 2.48. The maximum Gasteiger partial charge on any atom is 0.128 e. The molecule has 0 bridgehead atoms. The molecule has 1 aromatic carbocycles. The van der Waals surface area contributed by atoms with Crippen LogP contribution in [0.25, 0.3) is 0 Å². The van der Waals surface area contributed by atoms with Crippen molar-refractivity contribution >= 4 is 0 Å². The van der Waals surface area contributed by atoms with Crippen molar-refractivity contribution in [1.29, 1.82) is 0 Å². The lowest BCUT2D eigenvalue weighted by molar-refractivity contribution is 0.605. The molecule has 1 rings (SSSR count). The first kappa shape index (κ1) is 8.61. The summed E-state index contributed by atoms with van der Waals surface area (Å²) in [5.41, 5.74) is 0.639. The van der Waals surface area contributed by atoms with Crippen molar-refractivity contribution in [3.8, 4) is 12.0 Å². The van der Waals surface area contributed by atoms with E-state index in [0.717, 1.165) is 0 Å². The van der Waals surface area contributed by atoms with Gasteiger partial charge in [0.05, 0.1) is 6.54 Å². The SMILES string of the molecule is CC#CNCc1ccccc1F. The van der Waals surface area contributed by atoms with Gasteiger partial charge in [-0.15, -0.1) is 0 Å². The van der Waals surface area contributed by atoms with Crippen LogP contribution in [0.5, 0.6) is 0 Å². The van der Waals surface area contributed by atoms with Gasteiger partial charge in [-0.3, -0.25) is 0 Å². The van der Waals surface area contributed by atoms with Crippen LogP contribution < -0.4 is 5.32 Å². The molecule has 62 valence electrons. The Kier molecular flexibility index (Phi) is 3.16. The summed E-state index contributed by atoms with van der Waals surface area (Å²) in [6.45, 7) is 2.18. The molecule has 0 radical (unpaired) electrons. The zero-order valence-electron chi connectivity index (χ0n) is 6.89. The fraction of sp³-hybridized carbons (Fsp3) is 0.200. The molecule has 1 N–H and O–H groups in total. The largest absolute Gasteiger partial charge is 0.341 e. The monoisotopic (exact) mass is 163 g/mol. The highest BCUT2D eigenvalue weighted by molar-refractivity contribution is 5.17. The predicted molar refractivity (Wildman–Crippen MR) is 46.7 cm³/mol. The van der Waals surface area contributed by atoms with Crippen LogP contribution in [0.15, 0.2) is 24.3 Å². The van der Waals surface area contributed by atoms with Crippen LogP contribution in [0, 0.1) is 17.8 Å². The Balaban J connectivity index is 2.61. The third-order valence-corrected chi connectivity index (χ3v) is 1.45. The summed E-state index contributed by atoms with van der Waals surface area (Å²) in [5, 5.41) is 2.79. The van der Waals surface area contributed by atoms with E-state index in [4.69, 9.17) is 0 Å². The Morgan fingerprint density at radius 2 is 2.17 bits per heavy atom. The lowest BCUT2D eigenvalue weighted by Crippen LogP contribution is -2.06. The van der Waals surface area contributed by atoms with Crippen LogP contribution in [-0.4, -0.2) is 0 Å². The highest BCUT2D eigenvalue weighted by Gasteiger charge is 1.96. The minimum absolute atomic E-state index is 0.192. The first-order valence-corrected chi connectivity index (χ1v) is 3.72. The maximum atomic E-state index is 12.9. The van der Waals surface area contributed by atoms with Gasteiger partial charge in [-0.1, -0.05) is 24.1 Å². The van der Waals surface area contributed by atoms with Gasteiger partial charge in [-0.05, 0) is 13.0 Å². The lowest BCUT2D eigenvalue weighted by atomic mass is 10.2. The molecule has 0 spiro atoms. The van der Waals surface area contributed by atoms with Crippen molar-refractivity contribution in [2.75, 3.05) is 0 Å². The molecule has 2 heteroatoms. The molecule has 0 atom stereocenters. The van der Waals surface area contributed by atoms with Gasteiger partial charge in [0.2, 0.25) is 0 Å². The molecule has 0 aliphatic heterocycles. The van der Waals surface area contributed by atoms with E-state index >= 15 is 0 Å². The molecule has 0 aromatic heterocycles. The fourth-order valence-corrected chi connectivity index (χ4v) is 0.870. The molecule has 0 saturated heterocycles. The highest BCUT2D eigenvalue weighted by atomic mass is 19.1. The number of benzene rings is 1. The zero-order chi connectivity index (χ0) is 8.81. The second-order valence-corrected chi connectivity index (χ2v) is 2.32. The van der Waals surface area contributed by atoms with Gasteiger partial charge < -0.3 is 5.32 Å². The first-order valence-electron chi connectivity index (χ1n) is 3.72. The number of nitrogens with one attached hydrogen (secondary N) is 1. The van der Waals surface area contributed by atoms with E-state index in [-0.39, 0.29) is 5.82 Å². The quantitative estimate of drug-likeness (QED) is 0.518. The standard InChI is InChI=1S/C10H10FN/c1-2-7-12-8-9-5-3-4-6-10(9)11/h3-6,12H,8H2,1H3. The third-order valence-electron chi connectivity index (χ3n) is 1.45. The fourth-order valence-electron chi connectivity index (χ4n) is 0.870. The van der Waals surface area contributed by atoms with Crippen LogP contribution >= 0.6 is 0 Å². The van der Waals surface area contributed by atoms with Crippen molar-refractivity contribution in [2.24, 2.45) is 0 Å². The number of rotatable bonds is 2. The Hall–Kier alpha value is -1.49. The van der Waals surface area contributed by atoms with Crippen LogP contribution in [0.1, 0.15) is 12.5 Å². The topological polar surface area (TPSA) is 12.0 Å². The van der Waals surface area contributed by atoms with Crippen LogP contribution in [0.3, 0.4) is 0 Å². The van der Waals surface area contributed by atoms with E-state index < -0.39 is 0 Å². The van der Waals surface area contributed by atoms with Crippen LogP contribution in [0.4, 0.5) is 4.39 Å². The van der Waals surface area contributed by atoms with Gasteiger partial charge in [-0.25, -0.2) is 4.39 Å². The van der Waals surface area contributed by atoms with Crippen molar-refractivity contribution in [1.82, 2.24) is 5.32 Å². The number of halogens is 1. The predicted octanol–water partition coefficient (Wildman–Crippen LogP) is 1.90. The smallest absolute Gasteiger partial charge is 0.128 e. The molecule has 1 nitrogen and oxygen atoms in total. The van der Waals surface area contributed by atoms with E-state index in [0.29, 0.717) is 12.1 Å². The lowest BCUT2D eigenvalue weighted by Gasteiger charge is -1.99. The maximum absolute atomic E-state index is 12.9. The second kappa shape index (κ2) is 4.40. The van der Waals surface area contributed by atoms with Crippen molar-refractivity contribution < 1.29 is 4.39 Å². The van der Waals surface area contributed by atoms with Crippen LogP contribution in [-0.2, 0) is 6.54 Å². The molecule has 0 aliphatic rings. The summed E-state index contributed by atoms with van der Waals surface area (Å²) >= 11 is 0. The Bertz CT molecular complexity index is 309. The van der Waals surface area contributed by atoms with Gasteiger partial charge in [0, 0.05) is 11.6 Å². The molecule has 0 saturated carbocycles. The van der Waals surface area contributed by atoms with Gasteiger partial charge >= 0.3 is 0 Å². The summed E-state index contributed by atoms with van der Waals surface area (Å²) < 4.78 is 12.9. The summed E-state index contributed by atoms with van der Waals surface area (Å²) in [4.78, 5) is 0. The van der Waals surface area contributed by atoms with Gasteiger partial charge in [0.15, 0.2) is 0 Å². The summed E-state index contributed by atoms with van der Waals surface area (Å²) in [6.07, 6.45) is 0. The molecule has 0 heterocycles. The first-order chi connectivity index (χ1) is 5.84. The molecular weight excluding hydrogens is 153 g/mol. The van der Waals surface area contributed by atoms with Crippen molar-refractivity contribution in [2.45, 2.75) is 13.5 Å². The number of hydrogen-bond acceptors (Lipinski definition) is 1. The van der Waals surface area contributed by atoms with Gasteiger partial charge in [0.25, 0.3) is 0 Å².